The second-order valence-electron chi connectivity index (χ2n) is 5.33. The van der Waals surface area contributed by atoms with E-state index in [2.05, 4.69) is 9.88 Å². The van der Waals surface area contributed by atoms with E-state index in [-0.39, 0.29) is 6.61 Å². The van der Waals surface area contributed by atoms with Gasteiger partial charge in [0.25, 0.3) is 0 Å². The number of ether oxygens (including phenoxy) is 3. The summed E-state index contributed by atoms with van der Waals surface area (Å²) in [6.07, 6.45) is 3.58. The molecular weight excluding hydrogens is 308 g/mol. The lowest BCUT2D eigenvalue weighted by Gasteiger charge is -2.22. The van der Waals surface area contributed by atoms with Crippen LogP contribution in [0.15, 0.2) is 36.7 Å². The van der Waals surface area contributed by atoms with Crippen LogP contribution in [-0.2, 0) is 13.1 Å². The van der Waals surface area contributed by atoms with Crippen molar-refractivity contribution < 1.29 is 19.3 Å². The van der Waals surface area contributed by atoms with Crippen LogP contribution < -0.4 is 14.2 Å². The van der Waals surface area contributed by atoms with Gasteiger partial charge in [0.05, 0.1) is 27.9 Å². The third-order valence-corrected chi connectivity index (χ3v) is 3.68. The molecule has 2 rings (SSSR count). The van der Waals surface area contributed by atoms with Gasteiger partial charge in [-0.05, 0) is 29.3 Å². The van der Waals surface area contributed by atoms with Gasteiger partial charge in [0.1, 0.15) is 0 Å². The summed E-state index contributed by atoms with van der Waals surface area (Å²) in [5.74, 6) is 1.82. The van der Waals surface area contributed by atoms with Gasteiger partial charge >= 0.3 is 0 Å². The van der Waals surface area contributed by atoms with Gasteiger partial charge in [-0.1, -0.05) is 6.07 Å². The van der Waals surface area contributed by atoms with Crippen molar-refractivity contribution in [3.8, 4) is 17.2 Å². The number of hydrogen-bond acceptors (Lipinski definition) is 6. The first-order valence-corrected chi connectivity index (χ1v) is 7.72. The number of nitrogens with zero attached hydrogens (tertiary/aromatic N) is 2. The van der Waals surface area contributed by atoms with Gasteiger partial charge in [-0.25, -0.2) is 0 Å². The van der Waals surface area contributed by atoms with Gasteiger partial charge in [0.2, 0.25) is 5.75 Å². The van der Waals surface area contributed by atoms with Crippen molar-refractivity contribution >= 4 is 0 Å². The molecule has 1 heterocycles. The Kier molecular flexibility index (Phi) is 6.84. The van der Waals surface area contributed by atoms with E-state index in [9.17, 15) is 5.11 Å². The molecule has 0 saturated carbocycles. The summed E-state index contributed by atoms with van der Waals surface area (Å²) in [5.41, 5.74) is 2.11. The van der Waals surface area contributed by atoms with Crippen LogP contribution in [0.3, 0.4) is 0 Å². The molecule has 1 N–H and O–H groups in total. The number of aliphatic hydroxyl groups is 1. The van der Waals surface area contributed by atoms with Gasteiger partial charge in [0, 0.05) is 32.0 Å². The van der Waals surface area contributed by atoms with Crippen LogP contribution >= 0.6 is 0 Å². The zero-order chi connectivity index (χ0) is 17.4. The standard InChI is InChI=1S/C18H24N2O4/c1-22-16-9-15(10-17(23-2)18(16)24-3)13-20(7-8-21)12-14-5-4-6-19-11-14/h4-6,9-11,21H,7-8,12-13H2,1-3H3. The monoisotopic (exact) mass is 332 g/mol. The number of methoxy groups -OCH3 is 3. The molecule has 0 spiro atoms. The van der Waals surface area contributed by atoms with Crippen molar-refractivity contribution in [1.29, 1.82) is 0 Å². The number of hydrogen-bond donors (Lipinski definition) is 1. The highest BCUT2D eigenvalue weighted by atomic mass is 16.5. The number of aliphatic hydroxyl groups excluding tert-OH is 1. The first kappa shape index (κ1) is 18.0. The Hall–Kier alpha value is -2.31. The van der Waals surface area contributed by atoms with Crippen LogP contribution in [-0.4, -0.2) is 49.5 Å². The minimum atomic E-state index is 0.0880. The molecule has 0 aliphatic heterocycles. The molecule has 0 saturated heterocycles. The van der Waals surface area contributed by atoms with Gasteiger partial charge in [-0.3, -0.25) is 9.88 Å². The summed E-state index contributed by atoms with van der Waals surface area (Å²) >= 11 is 0. The van der Waals surface area contributed by atoms with Crippen molar-refractivity contribution in [3.05, 3.63) is 47.8 Å². The summed E-state index contributed by atoms with van der Waals surface area (Å²) in [6, 6.07) is 7.78. The minimum absolute atomic E-state index is 0.0880. The predicted octanol–water partition coefficient (Wildman–Crippen LogP) is 2.10. The normalized spacial score (nSPS) is 10.7. The van der Waals surface area contributed by atoms with Gasteiger partial charge in [0.15, 0.2) is 11.5 Å². The smallest absolute Gasteiger partial charge is 0.203 e. The Labute approximate surface area is 142 Å². The number of aromatic nitrogens is 1. The fourth-order valence-electron chi connectivity index (χ4n) is 2.59. The summed E-state index contributed by atoms with van der Waals surface area (Å²) in [7, 11) is 4.78. The quantitative estimate of drug-likeness (QED) is 0.759. The number of benzene rings is 1. The van der Waals surface area contributed by atoms with E-state index < -0.39 is 0 Å². The highest BCUT2D eigenvalue weighted by Gasteiger charge is 2.15. The second-order valence-corrected chi connectivity index (χ2v) is 5.33. The van der Waals surface area contributed by atoms with Crippen molar-refractivity contribution in [2.75, 3.05) is 34.5 Å². The molecule has 2 aromatic rings. The van der Waals surface area contributed by atoms with Crippen LogP contribution in [0.4, 0.5) is 0 Å². The molecule has 6 nitrogen and oxygen atoms in total. The van der Waals surface area contributed by atoms with E-state index in [1.54, 1.807) is 27.5 Å². The molecule has 0 bridgehead atoms. The zero-order valence-electron chi connectivity index (χ0n) is 14.4. The van der Waals surface area contributed by atoms with Crippen LogP contribution in [0, 0.1) is 0 Å². The Morgan fingerprint density at radius 1 is 1.00 bits per heavy atom. The first-order valence-electron chi connectivity index (χ1n) is 7.72. The maximum atomic E-state index is 9.35. The molecule has 1 aromatic heterocycles. The fraction of sp³-hybridized carbons (Fsp3) is 0.389. The first-order chi connectivity index (χ1) is 11.7. The van der Waals surface area contributed by atoms with Crippen molar-refractivity contribution in [2.45, 2.75) is 13.1 Å². The van der Waals surface area contributed by atoms with E-state index in [1.165, 1.54) is 0 Å². The van der Waals surface area contributed by atoms with E-state index in [0.29, 0.717) is 36.9 Å². The topological polar surface area (TPSA) is 64.1 Å². The van der Waals surface area contributed by atoms with Gasteiger partial charge in [-0.15, -0.1) is 0 Å². The largest absolute Gasteiger partial charge is 0.493 e. The van der Waals surface area contributed by atoms with Gasteiger partial charge < -0.3 is 19.3 Å². The SMILES string of the molecule is COc1cc(CN(CCO)Cc2cccnc2)cc(OC)c1OC. The van der Waals surface area contributed by atoms with Crippen molar-refractivity contribution in [1.82, 2.24) is 9.88 Å². The molecule has 6 heteroatoms. The van der Waals surface area contributed by atoms with E-state index >= 15 is 0 Å². The Bertz CT molecular complexity index is 609. The number of pyridine rings is 1. The average molecular weight is 332 g/mol. The summed E-state index contributed by atoms with van der Waals surface area (Å²) in [5, 5.41) is 9.35. The molecule has 130 valence electrons. The van der Waals surface area contributed by atoms with Gasteiger partial charge in [-0.2, -0.15) is 0 Å². The van der Waals surface area contributed by atoms with Crippen LogP contribution in [0.2, 0.25) is 0 Å². The lowest BCUT2D eigenvalue weighted by atomic mass is 10.1. The maximum Gasteiger partial charge on any atom is 0.203 e. The molecule has 0 fully saturated rings. The predicted molar refractivity (Wildman–Crippen MR) is 91.5 cm³/mol. The molecule has 1 aromatic carbocycles. The minimum Gasteiger partial charge on any atom is -0.493 e. The molecule has 0 unspecified atom stereocenters. The molecular formula is C18H24N2O4. The van der Waals surface area contributed by atoms with E-state index in [0.717, 1.165) is 11.1 Å². The Morgan fingerprint density at radius 2 is 1.67 bits per heavy atom. The maximum absolute atomic E-state index is 9.35. The number of rotatable bonds is 9. The molecule has 0 radical (unpaired) electrons. The lowest BCUT2D eigenvalue weighted by molar-refractivity contribution is 0.184. The fourth-order valence-corrected chi connectivity index (χ4v) is 2.59. The average Bonchev–Trinajstić information content (AvgIpc) is 2.61. The highest BCUT2D eigenvalue weighted by molar-refractivity contribution is 5.53. The van der Waals surface area contributed by atoms with E-state index in [1.807, 2.05) is 30.5 Å². The molecule has 0 aliphatic carbocycles. The lowest BCUT2D eigenvalue weighted by Crippen LogP contribution is -2.26. The van der Waals surface area contributed by atoms with Crippen LogP contribution in [0.1, 0.15) is 11.1 Å². The summed E-state index contributed by atoms with van der Waals surface area (Å²) in [6.45, 7) is 1.99. The second kappa shape index (κ2) is 9.10. The van der Waals surface area contributed by atoms with E-state index in [4.69, 9.17) is 14.2 Å². The van der Waals surface area contributed by atoms with Crippen LogP contribution in [0.5, 0.6) is 17.2 Å². The zero-order valence-corrected chi connectivity index (χ0v) is 14.4. The molecule has 0 aliphatic rings. The third-order valence-electron chi connectivity index (χ3n) is 3.68. The molecule has 24 heavy (non-hydrogen) atoms. The Balaban J connectivity index is 2.22. The Morgan fingerprint density at radius 3 is 2.17 bits per heavy atom. The summed E-state index contributed by atoms with van der Waals surface area (Å²) < 4.78 is 16.1. The van der Waals surface area contributed by atoms with Crippen molar-refractivity contribution in [2.24, 2.45) is 0 Å². The summed E-state index contributed by atoms with van der Waals surface area (Å²) in [4.78, 5) is 6.27. The molecule has 0 atom stereocenters. The molecule has 0 amide bonds. The third kappa shape index (κ3) is 4.59. The van der Waals surface area contributed by atoms with Crippen LogP contribution in [0.25, 0.3) is 0 Å². The highest BCUT2D eigenvalue weighted by Crippen LogP contribution is 2.38. The van der Waals surface area contributed by atoms with Crippen molar-refractivity contribution in [3.63, 3.8) is 0 Å².